The highest BCUT2D eigenvalue weighted by molar-refractivity contribution is 5.79. The molecule has 0 saturated heterocycles. The summed E-state index contributed by atoms with van der Waals surface area (Å²) in [6.07, 6.45) is 1.11. The molecule has 0 aliphatic heterocycles. The molecule has 0 radical (unpaired) electrons. The van der Waals surface area contributed by atoms with Crippen molar-refractivity contribution in [1.82, 2.24) is 10.7 Å². The van der Waals surface area contributed by atoms with E-state index in [2.05, 4.69) is 36.5 Å². The molecule has 0 aromatic carbocycles. The Morgan fingerprint density at radius 1 is 1.38 bits per heavy atom. The van der Waals surface area contributed by atoms with Crippen LogP contribution in [0.4, 0.5) is 0 Å². The van der Waals surface area contributed by atoms with Gasteiger partial charge in [0.15, 0.2) is 0 Å². The number of nitrogens with zero attached hydrogens (tertiary/aromatic N) is 1. The number of rotatable bonds is 6. The summed E-state index contributed by atoms with van der Waals surface area (Å²) in [5.74, 6) is 6.59. The molecule has 5 heteroatoms. The smallest absolute Gasteiger partial charge is 0.206 e. The van der Waals surface area contributed by atoms with Crippen LogP contribution in [0.5, 0.6) is 0 Å². The minimum Gasteiger partial charge on any atom is -0.383 e. The van der Waals surface area contributed by atoms with E-state index in [1.165, 1.54) is 0 Å². The van der Waals surface area contributed by atoms with Gasteiger partial charge in [-0.05, 0) is 19.8 Å². The van der Waals surface area contributed by atoms with Crippen molar-refractivity contribution in [1.29, 1.82) is 0 Å². The Labute approximate surface area is 98.8 Å². The highest BCUT2D eigenvalue weighted by atomic mass is 16.5. The van der Waals surface area contributed by atoms with E-state index in [1.54, 1.807) is 7.11 Å². The quantitative estimate of drug-likeness (QED) is 0.274. The molecule has 0 saturated carbocycles. The van der Waals surface area contributed by atoms with E-state index in [0.717, 1.165) is 6.42 Å². The van der Waals surface area contributed by atoms with E-state index in [1.807, 2.05) is 6.92 Å². The summed E-state index contributed by atoms with van der Waals surface area (Å²) < 4.78 is 5.04. The molecule has 0 amide bonds. The first-order valence-corrected chi connectivity index (χ1v) is 5.85. The van der Waals surface area contributed by atoms with Crippen LogP contribution in [0.3, 0.4) is 0 Å². The molecule has 5 nitrogen and oxygen atoms in total. The number of methoxy groups -OCH3 is 1. The fraction of sp³-hybridized carbons (Fsp3) is 0.909. The van der Waals surface area contributed by atoms with Crippen LogP contribution in [0.2, 0.25) is 0 Å². The van der Waals surface area contributed by atoms with E-state index >= 15 is 0 Å². The van der Waals surface area contributed by atoms with Crippen molar-refractivity contribution in [2.45, 2.75) is 46.2 Å². The van der Waals surface area contributed by atoms with Gasteiger partial charge in [-0.2, -0.15) is 0 Å². The summed E-state index contributed by atoms with van der Waals surface area (Å²) in [4.78, 5) is 4.50. The van der Waals surface area contributed by atoms with Crippen molar-refractivity contribution in [2.24, 2.45) is 16.8 Å². The van der Waals surface area contributed by atoms with Crippen LogP contribution in [0.15, 0.2) is 4.99 Å². The van der Waals surface area contributed by atoms with Gasteiger partial charge in [-0.15, -0.1) is 0 Å². The SMILES string of the molecule is CCC(C)C(C)N=C(NN)NC(C)COC. The van der Waals surface area contributed by atoms with Gasteiger partial charge in [0, 0.05) is 13.2 Å². The minimum absolute atomic E-state index is 0.184. The van der Waals surface area contributed by atoms with Crippen LogP contribution >= 0.6 is 0 Å². The van der Waals surface area contributed by atoms with Crippen LogP contribution in [-0.4, -0.2) is 31.8 Å². The molecule has 96 valence electrons. The normalized spacial score (nSPS) is 17.8. The third-order valence-corrected chi connectivity index (χ3v) is 2.74. The fourth-order valence-corrected chi connectivity index (χ4v) is 1.31. The van der Waals surface area contributed by atoms with E-state index in [9.17, 15) is 0 Å². The number of aliphatic imine (C=N–C) groups is 1. The predicted molar refractivity (Wildman–Crippen MR) is 68.1 cm³/mol. The number of hydrogen-bond donors (Lipinski definition) is 3. The second kappa shape index (κ2) is 8.35. The number of hydrazine groups is 1. The Morgan fingerprint density at radius 2 is 2.00 bits per heavy atom. The number of guanidine groups is 1. The number of hydrogen-bond acceptors (Lipinski definition) is 3. The van der Waals surface area contributed by atoms with Crippen molar-refractivity contribution in [2.75, 3.05) is 13.7 Å². The summed E-state index contributed by atoms with van der Waals surface area (Å²) in [6.45, 7) is 9.07. The third-order valence-electron chi connectivity index (χ3n) is 2.74. The maximum Gasteiger partial charge on any atom is 0.206 e. The lowest BCUT2D eigenvalue weighted by Gasteiger charge is -2.19. The molecule has 4 N–H and O–H groups in total. The highest BCUT2D eigenvalue weighted by Crippen LogP contribution is 2.10. The van der Waals surface area contributed by atoms with Gasteiger partial charge >= 0.3 is 0 Å². The Hall–Kier alpha value is -0.810. The lowest BCUT2D eigenvalue weighted by molar-refractivity contribution is 0.179. The fourth-order valence-electron chi connectivity index (χ4n) is 1.31. The van der Waals surface area contributed by atoms with Crippen molar-refractivity contribution < 1.29 is 4.74 Å². The van der Waals surface area contributed by atoms with Crippen LogP contribution in [0.1, 0.15) is 34.1 Å². The molecule has 0 aliphatic carbocycles. The lowest BCUT2D eigenvalue weighted by atomic mass is 10.0. The van der Waals surface area contributed by atoms with Crippen molar-refractivity contribution in [3.8, 4) is 0 Å². The second-order valence-electron chi connectivity index (χ2n) is 4.25. The van der Waals surface area contributed by atoms with Crippen molar-refractivity contribution in [3.63, 3.8) is 0 Å². The summed E-state index contributed by atoms with van der Waals surface area (Å²) in [5, 5.41) is 3.17. The minimum atomic E-state index is 0.184. The summed E-state index contributed by atoms with van der Waals surface area (Å²) in [6, 6.07) is 0.433. The van der Waals surface area contributed by atoms with E-state index in [4.69, 9.17) is 10.6 Å². The lowest BCUT2D eigenvalue weighted by Crippen LogP contribution is -2.47. The first-order chi connectivity index (χ1) is 7.54. The van der Waals surface area contributed by atoms with E-state index in [-0.39, 0.29) is 12.1 Å². The van der Waals surface area contributed by atoms with Gasteiger partial charge in [0.1, 0.15) is 0 Å². The van der Waals surface area contributed by atoms with Crippen LogP contribution < -0.4 is 16.6 Å². The average molecular weight is 230 g/mol. The zero-order chi connectivity index (χ0) is 12.6. The average Bonchev–Trinajstić information content (AvgIpc) is 2.27. The Kier molecular flexibility index (Phi) is 7.93. The first kappa shape index (κ1) is 15.2. The molecule has 3 unspecified atom stereocenters. The molecule has 0 aromatic rings. The molecule has 0 aromatic heterocycles. The molecular weight excluding hydrogens is 204 g/mol. The zero-order valence-corrected chi connectivity index (χ0v) is 11.1. The van der Waals surface area contributed by atoms with Gasteiger partial charge in [0.2, 0.25) is 5.96 Å². The molecule has 0 heterocycles. The maximum absolute atomic E-state index is 5.42. The Balaban J connectivity index is 4.30. The number of nitrogens with two attached hydrogens (primary N) is 1. The van der Waals surface area contributed by atoms with Crippen LogP contribution in [0.25, 0.3) is 0 Å². The molecule has 0 fully saturated rings. The second-order valence-corrected chi connectivity index (χ2v) is 4.25. The predicted octanol–water partition coefficient (Wildman–Crippen LogP) is 0.865. The van der Waals surface area contributed by atoms with Gasteiger partial charge in [-0.25, -0.2) is 10.8 Å². The van der Waals surface area contributed by atoms with Gasteiger partial charge < -0.3 is 10.1 Å². The molecule has 0 spiro atoms. The molecular formula is C11H26N4O. The Morgan fingerprint density at radius 3 is 2.44 bits per heavy atom. The Bertz CT molecular complexity index is 208. The van der Waals surface area contributed by atoms with Gasteiger partial charge in [-0.3, -0.25) is 5.43 Å². The standard InChI is InChI=1S/C11H26N4O/c1-6-8(2)10(4)14-11(15-12)13-9(3)7-16-5/h8-10H,6-7,12H2,1-5H3,(H2,13,14,15). The topological polar surface area (TPSA) is 71.7 Å². The van der Waals surface area contributed by atoms with E-state index < -0.39 is 0 Å². The maximum atomic E-state index is 5.42. The third kappa shape index (κ3) is 5.92. The van der Waals surface area contributed by atoms with Crippen molar-refractivity contribution >= 4 is 5.96 Å². The van der Waals surface area contributed by atoms with Crippen LogP contribution in [0, 0.1) is 5.92 Å². The van der Waals surface area contributed by atoms with Gasteiger partial charge in [0.25, 0.3) is 0 Å². The summed E-state index contributed by atoms with van der Waals surface area (Å²) >= 11 is 0. The number of ether oxygens (including phenoxy) is 1. The molecule has 0 bridgehead atoms. The molecule has 0 rings (SSSR count). The summed E-state index contributed by atoms with van der Waals surface area (Å²) in [7, 11) is 1.67. The van der Waals surface area contributed by atoms with E-state index in [0.29, 0.717) is 18.5 Å². The first-order valence-electron chi connectivity index (χ1n) is 5.85. The molecule has 3 atom stereocenters. The van der Waals surface area contributed by atoms with Gasteiger partial charge in [-0.1, -0.05) is 20.3 Å². The largest absolute Gasteiger partial charge is 0.383 e. The number of nitrogens with one attached hydrogen (secondary N) is 2. The highest BCUT2D eigenvalue weighted by Gasteiger charge is 2.11. The zero-order valence-electron chi connectivity index (χ0n) is 11.1. The van der Waals surface area contributed by atoms with Crippen LogP contribution in [-0.2, 0) is 4.74 Å². The molecule has 0 aliphatic rings. The monoisotopic (exact) mass is 230 g/mol. The van der Waals surface area contributed by atoms with Gasteiger partial charge in [0.05, 0.1) is 12.6 Å². The molecule has 16 heavy (non-hydrogen) atoms. The summed E-state index contributed by atoms with van der Waals surface area (Å²) in [5.41, 5.74) is 2.58. The van der Waals surface area contributed by atoms with Crippen molar-refractivity contribution in [3.05, 3.63) is 0 Å².